The number of carboxylic acids is 1. The van der Waals surface area contributed by atoms with E-state index in [9.17, 15) is 14.7 Å². The number of fused-ring (bicyclic) bond motifs is 2. The van der Waals surface area contributed by atoms with Gasteiger partial charge in [0.1, 0.15) is 22.1 Å². The van der Waals surface area contributed by atoms with Crippen LogP contribution in [0.1, 0.15) is 0 Å². The van der Waals surface area contributed by atoms with Gasteiger partial charge >= 0.3 is 5.97 Å². The third-order valence-corrected chi connectivity index (χ3v) is 6.00. The highest BCUT2D eigenvalue weighted by Crippen LogP contribution is 2.40. The number of thioether (sulfide) groups is 2. The van der Waals surface area contributed by atoms with Crippen LogP contribution in [0.3, 0.4) is 0 Å². The molecule has 0 spiro atoms. The minimum Gasteiger partial charge on any atom is -0.477 e. The highest BCUT2D eigenvalue weighted by molar-refractivity contribution is 8.02. The second kappa shape index (κ2) is 6.21. The lowest BCUT2D eigenvalue weighted by Crippen LogP contribution is -2.68. The van der Waals surface area contributed by atoms with E-state index in [4.69, 9.17) is 5.73 Å². The number of carbonyl (C=O) groups excluding carboxylic acids is 1. The third-order valence-electron chi connectivity index (χ3n) is 3.93. The summed E-state index contributed by atoms with van der Waals surface area (Å²) in [4.78, 5) is 29.2. The number of hydrogen-bond acceptors (Lipinski definition) is 7. The van der Waals surface area contributed by atoms with Crippen molar-refractivity contribution in [3.05, 3.63) is 47.3 Å². The Morgan fingerprint density at radius 2 is 2.32 bits per heavy atom. The predicted molar refractivity (Wildman–Crippen MR) is 93.7 cm³/mol. The van der Waals surface area contributed by atoms with Crippen molar-refractivity contribution in [2.45, 2.75) is 16.4 Å². The highest BCUT2D eigenvalue weighted by atomic mass is 32.2. The van der Waals surface area contributed by atoms with Crippen molar-refractivity contribution in [1.29, 1.82) is 0 Å². The maximum atomic E-state index is 11.9. The zero-order chi connectivity index (χ0) is 17.6. The second-order valence-corrected chi connectivity index (χ2v) is 7.47. The quantitative estimate of drug-likeness (QED) is 0.461. The molecule has 1 amide bonds. The van der Waals surface area contributed by atoms with Crippen LogP contribution in [0.15, 0.2) is 52.3 Å². The number of amides is 1. The summed E-state index contributed by atoms with van der Waals surface area (Å²) in [6, 6.07) is 3.01. The Labute approximate surface area is 150 Å². The van der Waals surface area contributed by atoms with Crippen molar-refractivity contribution >= 4 is 41.0 Å². The molecule has 0 bridgehead atoms. The molecule has 2 atom stereocenters. The SMILES string of the molecule is N[C@@H]1C(=O)N2C(C(=O)O)=C(/C=C/Sc3ccn4nccc4n3)CS[C@H]12. The highest BCUT2D eigenvalue weighted by Gasteiger charge is 2.51. The summed E-state index contributed by atoms with van der Waals surface area (Å²) in [7, 11) is 0. The molecule has 2 aromatic rings. The summed E-state index contributed by atoms with van der Waals surface area (Å²) < 4.78 is 1.66. The topological polar surface area (TPSA) is 114 Å². The first-order chi connectivity index (χ1) is 12.1. The molecule has 1 fully saturated rings. The second-order valence-electron chi connectivity index (χ2n) is 5.43. The van der Waals surface area contributed by atoms with E-state index in [1.807, 2.05) is 12.3 Å². The van der Waals surface area contributed by atoms with Crippen molar-refractivity contribution in [2.75, 3.05) is 5.75 Å². The van der Waals surface area contributed by atoms with Gasteiger partial charge in [-0.1, -0.05) is 11.8 Å². The Hall–Kier alpha value is -2.30. The van der Waals surface area contributed by atoms with Crippen LogP contribution >= 0.6 is 23.5 Å². The molecule has 8 nitrogen and oxygen atoms in total. The molecule has 10 heteroatoms. The molecule has 0 unspecified atom stereocenters. The van der Waals surface area contributed by atoms with Crippen molar-refractivity contribution in [1.82, 2.24) is 19.5 Å². The van der Waals surface area contributed by atoms with Crippen LogP contribution in [0, 0.1) is 0 Å². The van der Waals surface area contributed by atoms with Gasteiger partial charge < -0.3 is 10.8 Å². The number of rotatable bonds is 4. The van der Waals surface area contributed by atoms with Gasteiger partial charge in [-0.2, -0.15) is 5.10 Å². The van der Waals surface area contributed by atoms with Gasteiger partial charge in [0.05, 0.1) is 6.20 Å². The fraction of sp³-hybridized carbons (Fsp3) is 0.200. The molecule has 0 saturated carbocycles. The number of hydrogen-bond donors (Lipinski definition) is 2. The Balaban J connectivity index is 1.56. The van der Waals surface area contributed by atoms with Crippen LogP contribution in [0.4, 0.5) is 0 Å². The van der Waals surface area contributed by atoms with Crippen LogP contribution in [0.5, 0.6) is 0 Å². The first-order valence-corrected chi connectivity index (χ1v) is 9.29. The molecule has 1 saturated heterocycles. The van der Waals surface area contributed by atoms with E-state index in [1.54, 1.807) is 28.3 Å². The number of nitrogens with two attached hydrogens (primary N) is 1. The fourth-order valence-corrected chi connectivity index (χ4v) is 4.64. The van der Waals surface area contributed by atoms with Gasteiger partial charge in [-0.15, -0.1) is 11.8 Å². The molecule has 4 rings (SSSR count). The Morgan fingerprint density at radius 1 is 1.48 bits per heavy atom. The summed E-state index contributed by atoms with van der Waals surface area (Å²) in [5.41, 5.74) is 7.08. The van der Waals surface area contributed by atoms with E-state index in [0.29, 0.717) is 11.3 Å². The van der Waals surface area contributed by atoms with Gasteiger partial charge in [0, 0.05) is 18.0 Å². The molecule has 25 heavy (non-hydrogen) atoms. The van der Waals surface area contributed by atoms with Gasteiger partial charge in [-0.25, -0.2) is 14.3 Å². The summed E-state index contributed by atoms with van der Waals surface area (Å²) in [6.45, 7) is 0. The first kappa shape index (κ1) is 16.2. The first-order valence-electron chi connectivity index (χ1n) is 7.36. The average molecular weight is 375 g/mol. The number of carboxylic acid groups (broad SMARTS) is 1. The number of aliphatic carboxylic acids is 1. The van der Waals surface area contributed by atoms with Crippen LogP contribution in [0.25, 0.3) is 5.65 Å². The molecule has 0 radical (unpaired) electrons. The van der Waals surface area contributed by atoms with Crippen molar-refractivity contribution in [3.63, 3.8) is 0 Å². The minimum absolute atomic E-state index is 0.0199. The van der Waals surface area contributed by atoms with E-state index in [2.05, 4.69) is 10.1 Å². The maximum Gasteiger partial charge on any atom is 0.352 e. The van der Waals surface area contributed by atoms with Gasteiger partial charge in [0.15, 0.2) is 5.65 Å². The molecule has 2 aromatic heterocycles. The van der Waals surface area contributed by atoms with Gasteiger partial charge in [0.2, 0.25) is 5.91 Å². The lowest BCUT2D eigenvalue weighted by Gasteiger charge is -2.47. The van der Waals surface area contributed by atoms with Crippen LogP contribution in [0.2, 0.25) is 0 Å². The largest absolute Gasteiger partial charge is 0.477 e. The number of β-lactam (4-membered cyclic amide) rings is 1. The average Bonchev–Trinajstić information content (AvgIpc) is 3.08. The monoisotopic (exact) mass is 375 g/mol. The molecular weight excluding hydrogens is 362 g/mol. The van der Waals surface area contributed by atoms with Crippen LogP contribution in [-0.4, -0.2) is 53.6 Å². The Morgan fingerprint density at radius 3 is 3.12 bits per heavy atom. The molecule has 4 heterocycles. The summed E-state index contributed by atoms with van der Waals surface area (Å²) in [6.07, 6.45) is 5.19. The Kier molecular flexibility index (Phi) is 4.02. The smallest absolute Gasteiger partial charge is 0.352 e. The molecule has 3 N–H and O–H groups in total. The zero-order valence-electron chi connectivity index (χ0n) is 12.8. The lowest BCUT2D eigenvalue weighted by molar-refractivity contribution is -0.147. The normalized spacial score (nSPS) is 23.2. The number of aromatic nitrogens is 3. The maximum absolute atomic E-state index is 11.9. The van der Waals surface area contributed by atoms with E-state index in [1.165, 1.54) is 28.4 Å². The standard InChI is InChI=1S/C15H13N5O3S2/c16-11-13(21)20-12(15(22)23)8(7-25-14(11)20)3-6-24-10-2-5-19-9(18-10)1-4-17-19/h1-6,11,14H,7,16H2,(H,22,23)/b6-3+/t11-,14-/m1/s1. The van der Waals surface area contributed by atoms with E-state index in [0.717, 1.165) is 10.7 Å². The van der Waals surface area contributed by atoms with Crippen LogP contribution in [-0.2, 0) is 9.59 Å². The fourth-order valence-electron chi connectivity index (χ4n) is 2.71. The minimum atomic E-state index is -1.12. The molecule has 2 aliphatic heterocycles. The predicted octanol–water partition coefficient (Wildman–Crippen LogP) is 0.916. The molecular formula is C15H13N5O3S2. The van der Waals surface area contributed by atoms with Crippen LogP contribution < -0.4 is 5.73 Å². The van der Waals surface area contributed by atoms with Gasteiger partial charge in [0.25, 0.3) is 0 Å². The third kappa shape index (κ3) is 2.71. The summed E-state index contributed by atoms with van der Waals surface area (Å²) in [5.74, 6) is -0.967. The molecule has 0 aromatic carbocycles. The Bertz CT molecular complexity index is 938. The molecule has 0 aliphatic carbocycles. The number of nitrogens with zero attached hydrogens (tertiary/aromatic N) is 4. The summed E-state index contributed by atoms with van der Waals surface area (Å²) >= 11 is 2.84. The molecule has 128 valence electrons. The van der Waals surface area contributed by atoms with Gasteiger partial charge in [-0.05, 0) is 23.1 Å². The number of carbonyl (C=O) groups is 2. The van der Waals surface area contributed by atoms with Gasteiger partial charge in [-0.3, -0.25) is 9.69 Å². The summed E-state index contributed by atoms with van der Waals surface area (Å²) in [5, 5.41) is 15.8. The van der Waals surface area contributed by atoms with Crippen molar-refractivity contribution in [3.8, 4) is 0 Å². The lowest BCUT2D eigenvalue weighted by atomic mass is 10.0. The van der Waals surface area contributed by atoms with E-state index in [-0.39, 0.29) is 17.0 Å². The van der Waals surface area contributed by atoms with E-state index < -0.39 is 12.0 Å². The van der Waals surface area contributed by atoms with Crippen molar-refractivity contribution < 1.29 is 14.7 Å². The van der Waals surface area contributed by atoms with E-state index >= 15 is 0 Å². The molecule has 2 aliphatic rings. The van der Waals surface area contributed by atoms with Crippen molar-refractivity contribution in [2.24, 2.45) is 5.73 Å². The number of allylic oxidation sites excluding steroid dienone is 1. The zero-order valence-corrected chi connectivity index (χ0v) is 14.4.